The lowest BCUT2D eigenvalue weighted by atomic mass is 9.50. The number of hydrogen-bond donors (Lipinski definition) is 0. The number of alkyl halides is 3. The molecule has 0 aromatic carbocycles. The Labute approximate surface area is 249 Å². The number of hydrogen-bond acceptors (Lipinski definition) is 4. The van der Waals surface area contributed by atoms with E-state index in [1.165, 1.54) is 6.42 Å². The van der Waals surface area contributed by atoms with Crippen LogP contribution in [-0.4, -0.2) is 53.0 Å². The molecule has 3 aliphatic rings. The molecule has 0 aromatic rings. The van der Waals surface area contributed by atoms with Gasteiger partial charge in [-0.2, -0.15) is 13.2 Å². The standard InChI is InChI=1S/C32H55F3O4Si2/c1-22-27-24(17-18-25(23-15-13-12-14-16-23)38-40(8,9)29(2,3)4)26(39-41(10,11)30(5,6)7)19-20-31(27,28(22)36)37-21-32(33,34)35/h22-27H,12-16,19-21H2,1-11H3/t22?,24-,25+,26+,27+,31+/m0/s1. The van der Waals surface area contributed by atoms with Crippen molar-refractivity contribution in [2.45, 2.75) is 154 Å². The molecule has 0 aromatic heterocycles. The van der Waals surface area contributed by atoms with Gasteiger partial charge >= 0.3 is 6.18 Å². The van der Waals surface area contributed by atoms with Gasteiger partial charge in [0.05, 0.1) is 12.0 Å². The molecule has 0 radical (unpaired) electrons. The van der Waals surface area contributed by atoms with Gasteiger partial charge in [0.25, 0.3) is 0 Å². The SMILES string of the molecule is CC1C(=O)[C@@]2(OCC(F)(F)F)CC[C@@H](O[Si](C)(C)C(C)(C)C)[C@H](C#C[C@@H](O[Si](C)(C)C(C)(C)C)C3CCCCC3)[C@@H]12. The van der Waals surface area contributed by atoms with Gasteiger partial charge in [-0.25, -0.2) is 0 Å². The maximum absolute atomic E-state index is 13.3. The van der Waals surface area contributed by atoms with Crippen molar-refractivity contribution in [2.75, 3.05) is 6.61 Å². The molecule has 236 valence electrons. The molecule has 0 heterocycles. The van der Waals surface area contributed by atoms with E-state index in [2.05, 4.69) is 79.6 Å². The zero-order chi connectivity index (χ0) is 31.2. The van der Waals surface area contributed by atoms with Crippen LogP contribution in [0, 0.1) is 35.5 Å². The number of carbonyl (C=O) groups is 1. The molecule has 3 saturated carbocycles. The highest BCUT2D eigenvalue weighted by Crippen LogP contribution is 2.56. The van der Waals surface area contributed by atoms with Gasteiger partial charge in [0.15, 0.2) is 22.4 Å². The molecular formula is C32H55F3O4Si2. The van der Waals surface area contributed by atoms with Gasteiger partial charge in [0, 0.05) is 11.8 Å². The third-order valence-corrected chi connectivity index (χ3v) is 19.9. The zero-order valence-corrected chi connectivity index (χ0v) is 29.4. The van der Waals surface area contributed by atoms with Crippen LogP contribution in [0.4, 0.5) is 13.2 Å². The van der Waals surface area contributed by atoms with E-state index in [1.807, 2.05) is 6.92 Å². The molecule has 3 aliphatic carbocycles. The fourth-order valence-electron chi connectivity index (χ4n) is 6.35. The van der Waals surface area contributed by atoms with Crippen molar-refractivity contribution < 1.29 is 31.6 Å². The van der Waals surface area contributed by atoms with E-state index in [0.717, 1.165) is 25.7 Å². The van der Waals surface area contributed by atoms with E-state index in [4.69, 9.17) is 13.6 Å². The van der Waals surface area contributed by atoms with E-state index in [-0.39, 0.29) is 34.5 Å². The van der Waals surface area contributed by atoms with Crippen LogP contribution in [0.2, 0.25) is 36.3 Å². The highest BCUT2D eigenvalue weighted by molar-refractivity contribution is 6.74. The first kappa shape index (κ1) is 34.8. The van der Waals surface area contributed by atoms with E-state index in [0.29, 0.717) is 12.3 Å². The van der Waals surface area contributed by atoms with E-state index in [9.17, 15) is 18.0 Å². The molecule has 4 nitrogen and oxygen atoms in total. The number of ether oxygens (including phenoxy) is 1. The van der Waals surface area contributed by atoms with Gasteiger partial charge in [0.1, 0.15) is 18.3 Å². The van der Waals surface area contributed by atoms with E-state index < -0.39 is 52.8 Å². The molecule has 3 rings (SSSR count). The molecule has 0 spiro atoms. The molecule has 41 heavy (non-hydrogen) atoms. The first-order chi connectivity index (χ1) is 18.5. The van der Waals surface area contributed by atoms with E-state index in [1.54, 1.807) is 0 Å². The minimum absolute atomic E-state index is 0.0237. The van der Waals surface area contributed by atoms with Crippen LogP contribution in [-0.2, 0) is 18.4 Å². The lowest BCUT2D eigenvalue weighted by Gasteiger charge is -2.59. The molecule has 1 unspecified atom stereocenters. The highest BCUT2D eigenvalue weighted by atomic mass is 28.4. The van der Waals surface area contributed by atoms with Crippen LogP contribution >= 0.6 is 0 Å². The summed E-state index contributed by atoms with van der Waals surface area (Å²) in [7, 11) is -4.36. The van der Waals surface area contributed by atoms with Crippen LogP contribution in [0.25, 0.3) is 0 Å². The van der Waals surface area contributed by atoms with Crippen molar-refractivity contribution in [1.29, 1.82) is 0 Å². The number of carbonyl (C=O) groups excluding carboxylic acids is 1. The Morgan fingerprint density at radius 2 is 1.49 bits per heavy atom. The lowest BCUT2D eigenvalue weighted by molar-refractivity contribution is -0.251. The Bertz CT molecular complexity index is 996. The summed E-state index contributed by atoms with van der Waals surface area (Å²) in [5.41, 5.74) is -1.44. The molecule has 0 bridgehead atoms. The van der Waals surface area contributed by atoms with Crippen molar-refractivity contribution in [3.05, 3.63) is 0 Å². The Kier molecular flexibility index (Phi) is 10.2. The molecule has 9 heteroatoms. The third kappa shape index (κ3) is 7.53. The monoisotopic (exact) mass is 616 g/mol. The number of Topliss-reactive ketones (excluding diaryl/α,β-unsaturated/α-hetero) is 1. The second-order valence-corrected chi connectivity index (χ2v) is 25.5. The summed E-state index contributed by atoms with van der Waals surface area (Å²) in [6.45, 7) is 22.5. The van der Waals surface area contributed by atoms with Crippen LogP contribution in [0.5, 0.6) is 0 Å². The van der Waals surface area contributed by atoms with Gasteiger partial charge in [-0.1, -0.05) is 79.6 Å². The number of rotatable bonds is 7. The van der Waals surface area contributed by atoms with Gasteiger partial charge in [-0.05, 0) is 67.9 Å². The molecule has 0 N–H and O–H groups in total. The van der Waals surface area contributed by atoms with Crippen LogP contribution in [0.15, 0.2) is 0 Å². The highest BCUT2D eigenvalue weighted by Gasteiger charge is 2.67. The maximum atomic E-state index is 13.3. The summed E-state index contributed by atoms with van der Waals surface area (Å²) >= 11 is 0. The maximum Gasteiger partial charge on any atom is 0.411 e. The Balaban J connectivity index is 2.04. The molecule has 0 aliphatic heterocycles. The summed E-state index contributed by atoms with van der Waals surface area (Å²) in [4.78, 5) is 13.2. The van der Waals surface area contributed by atoms with Crippen LogP contribution in [0.3, 0.4) is 0 Å². The molecular weight excluding hydrogens is 562 g/mol. The van der Waals surface area contributed by atoms with Crippen molar-refractivity contribution in [2.24, 2.45) is 23.7 Å². The largest absolute Gasteiger partial charge is 0.413 e. The first-order valence-corrected chi connectivity index (χ1v) is 21.5. The van der Waals surface area contributed by atoms with E-state index >= 15 is 0 Å². The number of halogens is 3. The van der Waals surface area contributed by atoms with Gasteiger partial charge < -0.3 is 13.6 Å². The fraction of sp³-hybridized carbons (Fsp3) is 0.906. The minimum Gasteiger partial charge on any atom is -0.413 e. The summed E-state index contributed by atoms with van der Waals surface area (Å²) in [5.74, 6) is 5.96. The summed E-state index contributed by atoms with van der Waals surface area (Å²) in [5, 5.41) is -0.0146. The Hall–Kier alpha value is -0.666. The summed E-state index contributed by atoms with van der Waals surface area (Å²) in [6.07, 6.45) is 1.38. The van der Waals surface area contributed by atoms with Gasteiger partial charge in [-0.15, -0.1) is 0 Å². The predicted molar refractivity (Wildman–Crippen MR) is 164 cm³/mol. The predicted octanol–water partition coefficient (Wildman–Crippen LogP) is 8.91. The van der Waals surface area contributed by atoms with Crippen LogP contribution in [0.1, 0.15) is 93.4 Å². The average molecular weight is 617 g/mol. The van der Waals surface area contributed by atoms with Crippen LogP contribution < -0.4 is 0 Å². The minimum atomic E-state index is -4.50. The van der Waals surface area contributed by atoms with Gasteiger partial charge in [-0.3, -0.25) is 4.79 Å². The summed E-state index contributed by atoms with van der Waals surface area (Å²) < 4.78 is 59.3. The average Bonchev–Trinajstić information content (AvgIpc) is 2.83. The quantitative estimate of drug-likeness (QED) is 0.212. The van der Waals surface area contributed by atoms with Gasteiger partial charge in [0.2, 0.25) is 0 Å². The Morgan fingerprint density at radius 3 is 2.00 bits per heavy atom. The van der Waals surface area contributed by atoms with Crippen molar-refractivity contribution in [3.63, 3.8) is 0 Å². The third-order valence-electron chi connectivity index (χ3n) is 10.9. The molecule has 3 fully saturated rings. The Morgan fingerprint density at radius 1 is 0.927 bits per heavy atom. The second kappa shape index (κ2) is 12.0. The van der Waals surface area contributed by atoms with Crippen molar-refractivity contribution in [3.8, 4) is 11.8 Å². The molecule has 6 atom stereocenters. The topological polar surface area (TPSA) is 44.8 Å². The van der Waals surface area contributed by atoms with Crippen molar-refractivity contribution >= 4 is 22.4 Å². The molecule has 0 amide bonds. The zero-order valence-electron chi connectivity index (χ0n) is 27.4. The number of fused-ring (bicyclic) bond motifs is 1. The fourth-order valence-corrected chi connectivity index (χ4v) is 8.97. The molecule has 0 saturated heterocycles. The normalized spacial score (nSPS) is 31.1. The van der Waals surface area contributed by atoms with Crippen molar-refractivity contribution in [1.82, 2.24) is 0 Å². The second-order valence-electron chi connectivity index (χ2n) is 15.9. The smallest absolute Gasteiger partial charge is 0.411 e. The lowest BCUT2D eigenvalue weighted by Crippen LogP contribution is -2.71. The number of ketones is 1. The summed E-state index contributed by atoms with van der Waals surface area (Å²) in [6, 6.07) is 0. The first-order valence-electron chi connectivity index (χ1n) is 15.6.